The molecule has 6 heterocycles. The Morgan fingerprint density at radius 2 is 1.67 bits per heavy atom. The fourth-order valence-electron chi connectivity index (χ4n) is 20.8. The van der Waals surface area contributed by atoms with Gasteiger partial charge in [-0.2, -0.15) is 0 Å². The number of carboxylic acid groups (broad SMARTS) is 1. The average Bonchev–Trinajstić information content (AvgIpc) is 1.46. The summed E-state index contributed by atoms with van der Waals surface area (Å²) in [4.78, 5) is 26.8. The number of carbonyl (C=O) groups is 2. The highest BCUT2D eigenvalue weighted by Gasteiger charge is 2.75. The number of fused-ring (bicyclic) bond motifs is 1. The molecule has 0 aromatic heterocycles. The van der Waals surface area contributed by atoms with Crippen molar-refractivity contribution >= 4 is 29.0 Å². The van der Waals surface area contributed by atoms with Crippen LogP contribution in [0.5, 0.6) is 0 Å². The number of ketones is 1. The molecule has 78 heavy (non-hydrogen) atoms. The maximum absolute atomic E-state index is 14.1. The summed E-state index contributed by atoms with van der Waals surface area (Å²) < 4.78 is 0. The number of dihydropyridines is 1. The van der Waals surface area contributed by atoms with E-state index in [1.807, 2.05) is 0 Å². The Bertz CT molecular complexity index is 3080. The first kappa shape index (κ1) is 52.6. The molecule has 13 unspecified atom stereocenters. The smallest absolute Gasteiger partial charge is 0.306 e. The number of nitrogens with one attached hydrogen (secondary N) is 2. The zero-order valence-corrected chi connectivity index (χ0v) is 47.6. The highest BCUT2D eigenvalue weighted by atomic mass is 16.4. The van der Waals surface area contributed by atoms with Gasteiger partial charge in [-0.15, -0.1) is 0 Å². The summed E-state index contributed by atoms with van der Waals surface area (Å²) in [6.07, 6.45) is 31.6. The molecule has 15 aliphatic rings. The predicted molar refractivity (Wildman–Crippen MR) is 313 cm³/mol. The van der Waals surface area contributed by atoms with Crippen LogP contribution in [0.15, 0.2) is 113 Å². The van der Waals surface area contributed by atoms with Crippen LogP contribution in [0.1, 0.15) is 174 Å². The van der Waals surface area contributed by atoms with E-state index in [1.165, 1.54) is 87.1 Å². The molecule has 13 atom stereocenters. The molecule has 2 aromatic carbocycles. The van der Waals surface area contributed by atoms with Gasteiger partial charge in [0.15, 0.2) is 0 Å². The Balaban J connectivity index is 1.01. The topological polar surface area (TPSA) is 119 Å². The zero-order valence-electron chi connectivity index (χ0n) is 47.6. The number of aliphatic hydroxyl groups excluding tert-OH is 2. The van der Waals surface area contributed by atoms with E-state index < -0.39 is 40.3 Å². The number of benzene rings is 2. The number of carbonyl (C=O) groups excluding carboxylic acids is 1. The molecule has 6 aliphatic heterocycles. The van der Waals surface area contributed by atoms with E-state index in [4.69, 9.17) is 6.58 Å². The second-order valence-corrected chi connectivity index (χ2v) is 28.3. The lowest BCUT2D eigenvalue weighted by molar-refractivity contribution is -0.164. The normalized spacial score (nSPS) is 39.2. The van der Waals surface area contributed by atoms with Gasteiger partial charge in [-0.25, -0.2) is 0 Å². The van der Waals surface area contributed by atoms with E-state index in [-0.39, 0.29) is 28.6 Å². The van der Waals surface area contributed by atoms with Crippen molar-refractivity contribution in [3.8, 4) is 0 Å². The second kappa shape index (κ2) is 19.8. The summed E-state index contributed by atoms with van der Waals surface area (Å²) in [7, 11) is 0. The molecule has 2 aromatic rings. The first-order valence-electron chi connectivity index (χ1n) is 31.3. The van der Waals surface area contributed by atoms with Gasteiger partial charge in [-0.3, -0.25) is 9.59 Å². The Kier molecular flexibility index (Phi) is 13.3. The number of rotatable bonds is 5. The van der Waals surface area contributed by atoms with Gasteiger partial charge in [0.25, 0.3) is 0 Å². The standard InChI is InChI=1S/C71H90N2O5/c1-43-20-26-55(65(77)78)64-61(75)41-69(5)60-40-70-39-57-56(37-45-13-11-17-48(36-45)50-23-27-63(73-42-50)72-34-12-19-53(43)47-14-7-6-8-15-47)54-18-10-9-16-49(54)38-59(57)71(58(60)29-32-68(64,69)4)33-30-62(76)67(3,66(70)71)31-28-51(70)35-44(2)46-21-24-52(74)25-22-46/h9-11,13,16-18,23,27-28,36,38-39,44,46-47,53,55,59,61-62,64,66,72-73,75-76H,1,6-8,12,14-15,19-22,24-26,29-35,37,40-42H2,2-5H3,(H,77,78). The minimum absolute atomic E-state index is 0.0896. The zero-order chi connectivity index (χ0) is 53.9. The van der Waals surface area contributed by atoms with Crippen LogP contribution in [0.3, 0.4) is 0 Å². The van der Waals surface area contributed by atoms with Crippen LogP contribution in [-0.4, -0.2) is 52.4 Å². The number of aliphatic hydroxyl groups is 2. The van der Waals surface area contributed by atoms with Gasteiger partial charge >= 0.3 is 5.97 Å². The summed E-state index contributed by atoms with van der Waals surface area (Å²) in [5.74, 6) is 1.71. The third kappa shape index (κ3) is 8.12. The van der Waals surface area contributed by atoms with Crippen LogP contribution in [-0.2, 0) is 16.0 Å². The number of Topliss-reactive ketones (excluding diaryl/α,β-unsaturated/α-hetero) is 1. The monoisotopic (exact) mass is 1050 g/mol. The summed E-state index contributed by atoms with van der Waals surface area (Å²) in [6.45, 7) is 16.3. The van der Waals surface area contributed by atoms with Gasteiger partial charge < -0.3 is 26.0 Å². The lowest BCUT2D eigenvalue weighted by Crippen LogP contribution is -2.68. The van der Waals surface area contributed by atoms with Crippen LogP contribution >= 0.6 is 0 Å². The molecule has 9 aliphatic carbocycles. The predicted octanol–water partition coefficient (Wildman–Crippen LogP) is 12.6. The summed E-state index contributed by atoms with van der Waals surface area (Å²) in [5.41, 5.74) is 10.7. The summed E-state index contributed by atoms with van der Waals surface area (Å²) >= 11 is 0. The number of hydrogen-bond donors (Lipinski definition) is 5. The molecule has 7 heteroatoms. The molecule has 5 N–H and O–H groups in total. The van der Waals surface area contributed by atoms with Crippen molar-refractivity contribution in [2.24, 2.45) is 74.4 Å². The Labute approximate surface area is 465 Å². The summed E-state index contributed by atoms with van der Waals surface area (Å²) in [5, 5.41) is 47.4. The minimum Gasteiger partial charge on any atom is -0.481 e. The third-order valence-corrected chi connectivity index (χ3v) is 24.7. The quantitative estimate of drug-likeness (QED) is 0.189. The van der Waals surface area contributed by atoms with E-state index in [0.717, 1.165) is 96.0 Å². The summed E-state index contributed by atoms with van der Waals surface area (Å²) in [6, 6.07) is 18.5. The molecule has 0 amide bonds. The largest absolute Gasteiger partial charge is 0.481 e. The number of allylic oxidation sites excluding steroid dienone is 9. The minimum atomic E-state index is -0.767. The van der Waals surface area contributed by atoms with Crippen LogP contribution in [0, 0.1) is 74.4 Å². The lowest BCUT2D eigenvalue weighted by Gasteiger charge is -2.73. The van der Waals surface area contributed by atoms with Crippen LogP contribution in [0.2, 0.25) is 0 Å². The third-order valence-electron chi connectivity index (χ3n) is 24.7. The number of aliphatic carboxylic acids is 1. The van der Waals surface area contributed by atoms with Crippen LogP contribution in [0.4, 0.5) is 0 Å². The van der Waals surface area contributed by atoms with Crippen molar-refractivity contribution in [3.63, 3.8) is 0 Å². The highest BCUT2D eigenvalue weighted by molar-refractivity contribution is 5.79. The van der Waals surface area contributed by atoms with Crippen molar-refractivity contribution in [2.45, 2.75) is 181 Å². The van der Waals surface area contributed by atoms with Crippen molar-refractivity contribution in [2.75, 3.05) is 13.1 Å². The van der Waals surface area contributed by atoms with Crippen molar-refractivity contribution in [3.05, 3.63) is 135 Å². The maximum Gasteiger partial charge on any atom is 0.306 e. The molecule has 0 radical (unpaired) electrons. The molecule has 17 rings (SSSR count). The Morgan fingerprint density at radius 3 is 2.45 bits per heavy atom. The fourth-order valence-corrected chi connectivity index (χ4v) is 20.8. The van der Waals surface area contributed by atoms with Crippen molar-refractivity contribution < 1.29 is 24.9 Å². The van der Waals surface area contributed by atoms with Crippen molar-refractivity contribution in [1.82, 2.24) is 10.6 Å². The van der Waals surface area contributed by atoms with Gasteiger partial charge in [0.05, 0.1) is 23.9 Å². The number of carboxylic acids is 1. The number of hydrogen-bond acceptors (Lipinski definition) is 6. The van der Waals surface area contributed by atoms with E-state index in [0.29, 0.717) is 61.6 Å². The molecule has 14 bridgehead atoms. The highest BCUT2D eigenvalue weighted by Crippen LogP contribution is 2.81. The van der Waals surface area contributed by atoms with E-state index in [1.54, 1.807) is 5.57 Å². The molecular weight excluding hydrogens is 961 g/mol. The van der Waals surface area contributed by atoms with E-state index in [9.17, 15) is 24.9 Å². The molecule has 0 saturated heterocycles. The van der Waals surface area contributed by atoms with Crippen LogP contribution in [0.25, 0.3) is 17.2 Å². The first-order chi connectivity index (χ1) is 37.6. The second-order valence-electron chi connectivity index (χ2n) is 28.3. The van der Waals surface area contributed by atoms with Gasteiger partial charge in [0.1, 0.15) is 5.78 Å². The van der Waals surface area contributed by atoms with Crippen LogP contribution < -0.4 is 21.1 Å². The van der Waals surface area contributed by atoms with E-state index >= 15 is 0 Å². The molecular formula is C71H90N2O5. The van der Waals surface area contributed by atoms with Gasteiger partial charge in [-0.05, 0) is 194 Å². The molecule has 2 spiro atoms. The molecule has 4 fully saturated rings. The molecule has 4 saturated carbocycles. The first-order valence-corrected chi connectivity index (χ1v) is 31.3. The Morgan fingerprint density at radius 1 is 0.859 bits per heavy atom. The molecule has 414 valence electrons. The molecule has 7 nitrogen and oxygen atoms in total. The SMILES string of the molecule is C=C1CCC(C(=O)O)C2C(O)CC3(C)C4=C(CCC23C)C23CCC(O)C5(C)CC=C(CC(C)C6CCC(=O)CC6)C(C=C6C(=c7ccccc7=CC62)Cc2cccc(c2)C2=CC=C(NCCCC1C1CCCCC1)NC2)(C4)C53. The lowest BCUT2D eigenvalue weighted by atomic mass is 9.30. The van der Waals surface area contributed by atoms with Gasteiger partial charge in [-0.1, -0.05) is 149 Å². The fraction of sp³-hybridized carbons (Fsp3) is 0.606. The van der Waals surface area contributed by atoms with E-state index in [2.05, 4.69) is 117 Å². The maximum atomic E-state index is 14.1. The van der Waals surface area contributed by atoms with Crippen molar-refractivity contribution in [1.29, 1.82) is 0 Å². The van der Waals surface area contributed by atoms with Gasteiger partial charge in [0, 0.05) is 54.0 Å². The average molecular weight is 1050 g/mol. The Hall–Kier alpha value is -4.72. The van der Waals surface area contributed by atoms with Gasteiger partial charge in [0.2, 0.25) is 0 Å².